The highest BCUT2D eigenvalue weighted by molar-refractivity contribution is 9.10. The molecule has 0 aliphatic heterocycles. The molecule has 0 aliphatic carbocycles. The molecule has 0 aliphatic rings. The molecule has 0 atom stereocenters. The number of aromatic carboxylic acids is 1. The number of carboxylic acids is 1. The van der Waals surface area contributed by atoms with Gasteiger partial charge < -0.3 is 10.1 Å². The number of nitrogens with one attached hydrogen (secondary N) is 1. The third-order valence-electron chi connectivity index (χ3n) is 1.78. The van der Waals surface area contributed by atoms with E-state index in [0.717, 1.165) is 0 Å². The van der Waals surface area contributed by atoms with E-state index in [1.165, 1.54) is 6.20 Å². The van der Waals surface area contributed by atoms with Crippen LogP contribution < -0.4 is 0 Å². The van der Waals surface area contributed by atoms with Crippen molar-refractivity contribution < 1.29 is 9.90 Å². The molecule has 0 spiro atoms. The zero-order valence-electron chi connectivity index (χ0n) is 6.41. The first kappa shape index (κ1) is 8.25. The van der Waals surface area contributed by atoms with Crippen LogP contribution >= 0.6 is 15.9 Å². The van der Waals surface area contributed by atoms with Gasteiger partial charge in [0.2, 0.25) is 0 Å². The number of hydrogen-bond donors (Lipinski definition) is 2. The van der Waals surface area contributed by atoms with Crippen LogP contribution in [0.3, 0.4) is 0 Å². The van der Waals surface area contributed by atoms with Crippen LogP contribution in [0.25, 0.3) is 10.9 Å². The monoisotopic (exact) mass is 240 g/mol. The van der Waals surface area contributed by atoms with E-state index in [1.807, 2.05) is 0 Å². The minimum Gasteiger partial charge on any atom is -0.478 e. The van der Waals surface area contributed by atoms with Crippen LogP contribution in [0.5, 0.6) is 0 Å². The zero-order chi connectivity index (χ0) is 9.42. The molecule has 0 saturated heterocycles. The van der Waals surface area contributed by atoms with Gasteiger partial charge in [-0.15, -0.1) is 0 Å². The lowest BCUT2D eigenvalue weighted by Crippen LogP contribution is -1.98. The normalized spacial score (nSPS) is 10.5. The highest BCUT2D eigenvalue weighted by Gasteiger charge is 2.11. The molecule has 0 fully saturated rings. The summed E-state index contributed by atoms with van der Waals surface area (Å²) in [5, 5.41) is 9.48. The maximum atomic E-state index is 10.8. The summed E-state index contributed by atoms with van der Waals surface area (Å²) in [6.07, 6.45) is 3.02. The second kappa shape index (κ2) is 2.85. The number of carboxylic acid groups (broad SMARTS) is 1. The molecule has 2 aromatic rings. The van der Waals surface area contributed by atoms with Crippen LogP contribution in [0, 0.1) is 0 Å². The lowest BCUT2D eigenvalue weighted by molar-refractivity contribution is 0.0698. The number of pyridine rings is 1. The SMILES string of the molecule is O=C(O)c1cnc(Br)c2[nH]ccc12. The Morgan fingerprint density at radius 3 is 3.08 bits per heavy atom. The predicted octanol–water partition coefficient (Wildman–Crippen LogP) is 2.02. The quantitative estimate of drug-likeness (QED) is 0.750. The van der Waals surface area contributed by atoms with Gasteiger partial charge in [0.05, 0.1) is 11.1 Å². The number of aromatic amines is 1. The molecule has 5 heteroatoms. The highest BCUT2D eigenvalue weighted by Crippen LogP contribution is 2.23. The van der Waals surface area contributed by atoms with Crippen molar-refractivity contribution in [2.24, 2.45) is 0 Å². The number of halogens is 1. The van der Waals surface area contributed by atoms with Crippen molar-refractivity contribution in [1.29, 1.82) is 0 Å². The van der Waals surface area contributed by atoms with Crippen molar-refractivity contribution in [3.05, 3.63) is 28.6 Å². The summed E-state index contributed by atoms with van der Waals surface area (Å²) in [6.45, 7) is 0. The van der Waals surface area contributed by atoms with Crippen molar-refractivity contribution in [1.82, 2.24) is 9.97 Å². The Kier molecular flexibility index (Phi) is 1.81. The second-order valence-corrected chi connectivity index (χ2v) is 3.29. The summed E-state index contributed by atoms with van der Waals surface area (Å²) in [4.78, 5) is 17.6. The van der Waals surface area contributed by atoms with Gasteiger partial charge in [0, 0.05) is 17.8 Å². The van der Waals surface area contributed by atoms with Gasteiger partial charge in [0.25, 0.3) is 0 Å². The van der Waals surface area contributed by atoms with E-state index in [-0.39, 0.29) is 5.56 Å². The van der Waals surface area contributed by atoms with E-state index in [0.29, 0.717) is 15.5 Å². The number of carbonyl (C=O) groups is 1. The molecule has 2 rings (SSSR count). The molecule has 13 heavy (non-hydrogen) atoms. The van der Waals surface area contributed by atoms with Gasteiger partial charge in [-0.1, -0.05) is 0 Å². The summed E-state index contributed by atoms with van der Waals surface area (Å²) in [7, 11) is 0. The van der Waals surface area contributed by atoms with E-state index >= 15 is 0 Å². The molecule has 66 valence electrons. The molecule has 0 unspecified atom stereocenters. The van der Waals surface area contributed by atoms with Crippen molar-refractivity contribution >= 4 is 32.8 Å². The topological polar surface area (TPSA) is 66.0 Å². The van der Waals surface area contributed by atoms with Crippen molar-refractivity contribution in [2.75, 3.05) is 0 Å². The summed E-state index contributed by atoms with van der Waals surface area (Å²) >= 11 is 3.22. The smallest absolute Gasteiger partial charge is 0.337 e. The van der Waals surface area contributed by atoms with Gasteiger partial charge in [-0.25, -0.2) is 9.78 Å². The number of fused-ring (bicyclic) bond motifs is 1. The first-order chi connectivity index (χ1) is 6.20. The van der Waals surface area contributed by atoms with E-state index in [9.17, 15) is 4.79 Å². The van der Waals surface area contributed by atoms with Crippen LogP contribution in [-0.4, -0.2) is 21.0 Å². The Bertz CT molecular complexity index is 478. The minimum atomic E-state index is -0.968. The van der Waals surface area contributed by atoms with Crippen LogP contribution in [0.2, 0.25) is 0 Å². The molecule has 2 N–H and O–H groups in total. The molecule has 2 aromatic heterocycles. The van der Waals surface area contributed by atoms with E-state index in [2.05, 4.69) is 25.9 Å². The maximum Gasteiger partial charge on any atom is 0.337 e. The van der Waals surface area contributed by atoms with Crippen LogP contribution in [0.15, 0.2) is 23.1 Å². The standard InChI is InChI=1S/C8H5BrN2O2/c9-7-6-4(1-2-10-6)5(3-11-7)8(12)13/h1-3,10H,(H,12,13). The third kappa shape index (κ3) is 1.21. The Hall–Kier alpha value is -1.36. The molecule has 0 saturated carbocycles. The number of rotatable bonds is 1. The number of nitrogens with zero attached hydrogens (tertiary/aromatic N) is 1. The molecule has 0 aromatic carbocycles. The first-order valence-electron chi connectivity index (χ1n) is 3.55. The first-order valence-corrected chi connectivity index (χ1v) is 4.34. The average Bonchev–Trinajstić information content (AvgIpc) is 2.53. The lowest BCUT2D eigenvalue weighted by atomic mass is 10.2. The Morgan fingerprint density at radius 1 is 1.62 bits per heavy atom. The molecule has 0 radical (unpaired) electrons. The lowest BCUT2D eigenvalue weighted by Gasteiger charge is -1.97. The Morgan fingerprint density at radius 2 is 2.38 bits per heavy atom. The fourth-order valence-corrected chi connectivity index (χ4v) is 1.62. The molecular formula is C8H5BrN2O2. The number of aromatic nitrogens is 2. The molecule has 0 bridgehead atoms. The van der Waals surface area contributed by atoms with E-state index in [1.54, 1.807) is 12.3 Å². The summed E-state index contributed by atoms with van der Waals surface area (Å²) < 4.78 is 0.623. The zero-order valence-corrected chi connectivity index (χ0v) is 8.00. The van der Waals surface area contributed by atoms with Gasteiger partial charge >= 0.3 is 5.97 Å². The Labute approximate surface area is 81.7 Å². The van der Waals surface area contributed by atoms with Gasteiger partial charge in [-0.2, -0.15) is 0 Å². The fraction of sp³-hybridized carbons (Fsp3) is 0. The van der Waals surface area contributed by atoms with Crippen LogP contribution in [0.4, 0.5) is 0 Å². The molecule has 4 nitrogen and oxygen atoms in total. The van der Waals surface area contributed by atoms with Crippen molar-refractivity contribution in [2.45, 2.75) is 0 Å². The van der Waals surface area contributed by atoms with Crippen LogP contribution in [-0.2, 0) is 0 Å². The maximum absolute atomic E-state index is 10.8. The number of H-pyrrole nitrogens is 1. The van der Waals surface area contributed by atoms with Gasteiger partial charge in [0.1, 0.15) is 4.60 Å². The average molecular weight is 241 g/mol. The fourth-order valence-electron chi connectivity index (χ4n) is 1.19. The summed E-state index contributed by atoms with van der Waals surface area (Å²) in [5.41, 5.74) is 0.916. The predicted molar refractivity (Wildman–Crippen MR) is 50.8 cm³/mol. The minimum absolute atomic E-state index is 0.208. The molecule has 0 amide bonds. The number of hydrogen-bond acceptors (Lipinski definition) is 2. The van der Waals surface area contributed by atoms with Gasteiger partial charge in [-0.05, 0) is 22.0 Å². The Balaban J connectivity index is 2.86. The van der Waals surface area contributed by atoms with E-state index in [4.69, 9.17) is 5.11 Å². The van der Waals surface area contributed by atoms with Gasteiger partial charge in [0.15, 0.2) is 0 Å². The highest BCUT2D eigenvalue weighted by atomic mass is 79.9. The largest absolute Gasteiger partial charge is 0.478 e. The summed E-state index contributed by atoms with van der Waals surface area (Å²) in [6, 6.07) is 1.71. The third-order valence-corrected chi connectivity index (χ3v) is 2.38. The second-order valence-electron chi connectivity index (χ2n) is 2.53. The van der Waals surface area contributed by atoms with Crippen LogP contribution in [0.1, 0.15) is 10.4 Å². The summed E-state index contributed by atoms with van der Waals surface area (Å²) in [5.74, 6) is -0.968. The molecular weight excluding hydrogens is 236 g/mol. The molecule has 2 heterocycles. The van der Waals surface area contributed by atoms with Gasteiger partial charge in [-0.3, -0.25) is 0 Å². The van der Waals surface area contributed by atoms with Crippen molar-refractivity contribution in [3.8, 4) is 0 Å². The van der Waals surface area contributed by atoms with E-state index < -0.39 is 5.97 Å². The van der Waals surface area contributed by atoms with Crippen molar-refractivity contribution in [3.63, 3.8) is 0 Å².